The molecule has 11 rings (SSSR count). The Morgan fingerprint density at radius 3 is 1.02 bits per heavy atom. The Morgan fingerprint density at radius 1 is 0.346 bits per heavy atom. The highest BCUT2D eigenvalue weighted by Crippen LogP contribution is 2.62. The van der Waals surface area contributed by atoms with E-state index >= 15 is 0 Å². The minimum Gasteiger partial charge on any atom is -0.298 e. The van der Waals surface area contributed by atoms with Crippen molar-refractivity contribution in [3.63, 3.8) is 0 Å². The van der Waals surface area contributed by atoms with Crippen molar-refractivity contribution in [3.05, 3.63) is 0 Å². The third-order valence-electron chi connectivity index (χ3n) is 17.7. The Labute approximate surface area is 313 Å². The van der Waals surface area contributed by atoms with E-state index in [9.17, 15) is 0 Å². The molecule has 0 radical (unpaired) electrons. The molecule has 52 heavy (non-hydrogen) atoms. The Hall–Kier alpha value is -0.400. The monoisotopic (exact) mass is 723 g/mol. The first kappa shape index (κ1) is 34.8. The molecule has 0 bridgehead atoms. The predicted octanol–water partition coefficient (Wildman–Crippen LogP) is 5.24. The van der Waals surface area contributed by atoms with Crippen molar-refractivity contribution in [2.75, 3.05) is 26.2 Å². The molecule has 4 N–H and O–H groups in total. The van der Waals surface area contributed by atoms with Gasteiger partial charge in [0.25, 0.3) is 0 Å². The Bertz CT molecular complexity index is 1080. The van der Waals surface area contributed by atoms with E-state index in [2.05, 4.69) is 31.7 Å². The smallest absolute Gasteiger partial charge is 0.0832 e. The number of hydrogen-bond acceptors (Lipinski definition) is 10. The highest BCUT2D eigenvalue weighted by molar-refractivity contribution is 5.17. The van der Waals surface area contributed by atoms with Gasteiger partial charge in [0, 0.05) is 62.4 Å². The standard InChI is InChI=1S/C42H70N6O4/c1-3-7-33-31(5-1)41-35(47(33)29-21-25(37-11-15-43-49-37)19-26(22-29)38-12-16-44-50-38)9-10-36-42(41)32-6-2-4-8-34(32)48(36)30-23-27(39-13-17-45-51-39)20-28(24-30)40-14-18-46-52-40/h25-46H,1-24H2. The van der Waals surface area contributed by atoms with E-state index in [-0.39, 0.29) is 0 Å². The molecular formula is C42H70N6O4. The van der Waals surface area contributed by atoms with Crippen molar-refractivity contribution >= 4 is 0 Å². The molecular weight excluding hydrogens is 653 g/mol. The normalized spacial score (nSPS) is 54.2. The van der Waals surface area contributed by atoms with Crippen LogP contribution in [0.25, 0.3) is 0 Å². The number of likely N-dealkylation sites (tertiary alicyclic amines) is 2. The van der Waals surface area contributed by atoms with Crippen LogP contribution in [0, 0.1) is 47.3 Å². The van der Waals surface area contributed by atoms with Gasteiger partial charge < -0.3 is 0 Å². The first-order chi connectivity index (χ1) is 25.8. The minimum absolute atomic E-state index is 0.376. The van der Waals surface area contributed by atoms with Gasteiger partial charge in [0.05, 0.1) is 24.4 Å². The van der Waals surface area contributed by atoms with Gasteiger partial charge in [-0.2, -0.15) is 0 Å². The summed E-state index contributed by atoms with van der Waals surface area (Å²) in [5.41, 5.74) is 13.1. The molecule has 0 aromatic heterocycles. The highest BCUT2D eigenvalue weighted by atomic mass is 16.7. The summed E-state index contributed by atoms with van der Waals surface area (Å²) in [6, 6.07) is 4.55. The molecule has 6 saturated heterocycles. The molecule has 6 heterocycles. The molecule has 5 saturated carbocycles. The molecule has 10 nitrogen and oxygen atoms in total. The SMILES string of the molecule is C1CCC2C(C1)C1C3C4CCCCC4N(C4CC(C5CCNO5)CC(C5CCNO5)C4)C3CCC1N2C1CC(C2CCNO2)CC(C2CCNO2)C1. The first-order valence-corrected chi connectivity index (χ1v) is 22.9. The van der Waals surface area contributed by atoms with Gasteiger partial charge in [0.2, 0.25) is 0 Å². The van der Waals surface area contributed by atoms with Crippen molar-refractivity contribution in [2.45, 2.75) is 189 Å². The van der Waals surface area contributed by atoms with E-state index in [1.54, 1.807) is 0 Å². The van der Waals surface area contributed by atoms with Crippen LogP contribution in [0.5, 0.6) is 0 Å². The molecule has 16 atom stereocenters. The van der Waals surface area contributed by atoms with E-state index in [1.807, 2.05) is 0 Å². The van der Waals surface area contributed by atoms with Crippen LogP contribution in [-0.2, 0) is 19.4 Å². The van der Waals surface area contributed by atoms with E-state index < -0.39 is 0 Å². The second-order valence-electron chi connectivity index (χ2n) is 19.9. The lowest BCUT2D eigenvalue weighted by Gasteiger charge is -2.50. The van der Waals surface area contributed by atoms with Crippen LogP contribution in [0.2, 0.25) is 0 Å². The van der Waals surface area contributed by atoms with Crippen molar-refractivity contribution < 1.29 is 19.4 Å². The third-order valence-corrected chi connectivity index (χ3v) is 17.7. The average molecular weight is 723 g/mol. The topological polar surface area (TPSA) is 91.5 Å². The zero-order valence-corrected chi connectivity index (χ0v) is 31.9. The minimum atomic E-state index is 0.376. The number of hydrogen-bond donors (Lipinski definition) is 4. The third kappa shape index (κ3) is 6.10. The highest BCUT2D eigenvalue weighted by Gasteiger charge is 2.64. The molecule has 11 fully saturated rings. The predicted molar refractivity (Wildman–Crippen MR) is 198 cm³/mol. The lowest BCUT2D eigenvalue weighted by atomic mass is 9.61. The number of fused-ring (bicyclic) bond motifs is 7. The molecule has 16 unspecified atom stereocenters. The van der Waals surface area contributed by atoms with Crippen LogP contribution in [0.15, 0.2) is 0 Å². The first-order valence-electron chi connectivity index (χ1n) is 22.9. The van der Waals surface area contributed by atoms with E-state index in [0.717, 1.165) is 74.0 Å². The summed E-state index contributed by atoms with van der Waals surface area (Å²) < 4.78 is 0. The van der Waals surface area contributed by atoms with Crippen molar-refractivity contribution in [1.82, 2.24) is 31.7 Å². The Kier molecular flexibility index (Phi) is 9.93. The summed E-state index contributed by atoms with van der Waals surface area (Å²) in [7, 11) is 0. The molecule has 0 amide bonds. The number of nitrogens with one attached hydrogen (secondary N) is 4. The fourth-order valence-electron chi connectivity index (χ4n) is 16.1. The lowest BCUT2D eigenvalue weighted by Crippen LogP contribution is -2.55. The molecule has 10 heteroatoms. The van der Waals surface area contributed by atoms with Crippen LogP contribution in [0.1, 0.15) is 128 Å². The van der Waals surface area contributed by atoms with Crippen LogP contribution in [0.3, 0.4) is 0 Å². The van der Waals surface area contributed by atoms with Crippen LogP contribution >= 0.6 is 0 Å². The van der Waals surface area contributed by atoms with Crippen molar-refractivity contribution in [3.8, 4) is 0 Å². The molecule has 11 aliphatic rings. The van der Waals surface area contributed by atoms with Crippen LogP contribution in [0.4, 0.5) is 0 Å². The zero-order valence-electron chi connectivity index (χ0n) is 31.9. The average Bonchev–Trinajstić information content (AvgIpc) is 4.04. The number of nitrogens with zero attached hydrogens (tertiary/aromatic N) is 2. The van der Waals surface area contributed by atoms with Gasteiger partial charge in [0.15, 0.2) is 0 Å². The fourth-order valence-corrected chi connectivity index (χ4v) is 16.1. The second kappa shape index (κ2) is 14.8. The fraction of sp³-hybridized carbons (Fsp3) is 1.00. The van der Waals surface area contributed by atoms with E-state index in [1.165, 1.54) is 128 Å². The van der Waals surface area contributed by atoms with E-state index in [4.69, 9.17) is 19.4 Å². The van der Waals surface area contributed by atoms with Gasteiger partial charge in [-0.15, -0.1) is 0 Å². The molecule has 0 aromatic carbocycles. The van der Waals surface area contributed by atoms with Gasteiger partial charge >= 0.3 is 0 Å². The largest absolute Gasteiger partial charge is 0.298 e. The van der Waals surface area contributed by atoms with Gasteiger partial charge in [-0.1, -0.05) is 25.7 Å². The summed E-state index contributed by atoms with van der Waals surface area (Å²) in [6.45, 7) is 4.04. The van der Waals surface area contributed by atoms with Gasteiger partial charge in [0.1, 0.15) is 0 Å². The second-order valence-corrected chi connectivity index (χ2v) is 19.9. The number of hydroxylamine groups is 4. The lowest BCUT2D eigenvalue weighted by molar-refractivity contribution is -0.0789. The zero-order chi connectivity index (χ0) is 34.2. The van der Waals surface area contributed by atoms with Crippen LogP contribution < -0.4 is 21.9 Å². The van der Waals surface area contributed by atoms with Gasteiger partial charge in [-0.05, 0) is 150 Å². The van der Waals surface area contributed by atoms with Crippen molar-refractivity contribution in [2.24, 2.45) is 47.3 Å². The molecule has 5 aliphatic carbocycles. The van der Waals surface area contributed by atoms with Gasteiger partial charge in [-0.25, -0.2) is 21.9 Å². The number of rotatable bonds is 6. The summed E-state index contributed by atoms with van der Waals surface area (Å²) in [5, 5.41) is 0. The Morgan fingerprint density at radius 2 is 0.692 bits per heavy atom. The maximum absolute atomic E-state index is 6.24. The molecule has 292 valence electrons. The van der Waals surface area contributed by atoms with Crippen LogP contribution in [-0.4, -0.2) is 96.6 Å². The molecule has 6 aliphatic heterocycles. The summed E-state index contributed by atoms with van der Waals surface area (Å²) in [4.78, 5) is 31.5. The summed E-state index contributed by atoms with van der Waals surface area (Å²) >= 11 is 0. The quantitative estimate of drug-likeness (QED) is 0.292. The maximum atomic E-state index is 6.24. The summed E-state index contributed by atoms with van der Waals surface area (Å²) in [5.74, 6) is 6.20. The molecule has 0 aromatic rings. The van der Waals surface area contributed by atoms with Gasteiger partial charge in [-0.3, -0.25) is 29.2 Å². The maximum Gasteiger partial charge on any atom is 0.0832 e. The summed E-state index contributed by atoms with van der Waals surface area (Å²) in [6.07, 6.45) is 28.6. The van der Waals surface area contributed by atoms with E-state index in [0.29, 0.717) is 60.2 Å². The Balaban J connectivity index is 0.901. The van der Waals surface area contributed by atoms with Crippen molar-refractivity contribution in [1.29, 1.82) is 0 Å². The molecule has 0 spiro atoms.